The zero-order valence-electron chi connectivity index (χ0n) is 14.1. The summed E-state index contributed by atoms with van der Waals surface area (Å²) in [6.07, 6.45) is 4.48. The second kappa shape index (κ2) is 7.55. The molecule has 1 atom stereocenters. The van der Waals surface area contributed by atoms with E-state index >= 15 is 0 Å². The molecule has 1 amide bonds. The summed E-state index contributed by atoms with van der Waals surface area (Å²) in [4.78, 5) is 12.4. The Labute approximate surface area is 141 Å². The molecule has 0 fully saturated rings. The molecule has 1 aliphatic heterocycles. The highest BCUT2D eigenvalue weighted by Crippen LogP contribution is 2.39. The average Bonchev–Trinajstić information content (AvgIpc) is 2.55. The zero-order chi connectivity index (χ0) is 17.0. The Morgan fingerprint density at radius 2 is 2.13 bits per heavy atom. The zero-order valence-corrected chi connectivity index (χ0v) is 14.9. The van der Waals surface area contributed by atoms with Crippen LogP contribution in [0.2, 0.25) is 0 Å². The van der Waals surface area contributed by atoms with Crippen LogP contribution >= 0.6 is 11.8 Å². The highest BCUT2D eigenvalue weighted by molar-refractivity contribution is 7.98. The molecule has 0 saturated carbocycles. The molecule has 0 bridgehead atoms. The molecule has 1 aromatic carbocycles. The van der Waals surface area contributed by atoms with Gasteiger partial charge in [0.25, 0.3) is 0 Å². The van der Waals surface area contributed by atoms with E-state index in [1.54, 1.807) is 26.0 Å². The number of hydrogen-bond donors (Lipinski definition) is 1. The van der Waals surface area contributed by atoms with Crippen LogP contribution in [0.25, 0.3) is 5.57 Å². The van der Waals surface area contributed by atoms with E-state index in [-0.39, 0.29) is 11.8 Å². The first-order chi connectivity index (χ1) is 11.0. The number of nitrogens with one attached hydrogen (secondary N) is 1. The lowest BCUT2D eigenvalue weighted by Crippen LogP contribution is -2.30. The fourth-order valence-corrected chi connectivity index (χ4v) is 3.07. The third-order valence-electron chi connectivity index (χ3n) is 3.79. The summed E-state index contributed by atoms with van der Waals surface area (Å²) >= 11 is 1.61. The molecule has 0 spiro atoms. The number of amides is 1. The monoisotopic (exact) mass is 334 g/mol. The first-order valence-electron chi connectivity index (χ1n) is 7.35. The van der Waals surface area contributed by atoms with Crippen LogP contribution in [0.3, 0.4) is 0 Å². The normalized spacial score (nSPS) is 18.3. The summed E-state index contributed by atoms with van der Waals surface area (Å²) < 4.78 is 10.9. The van der Waals surface area contributed by atoms with Crippen molar-refractivity contribution < 1.29 is 14.3 Å². The highest BCUT2D eigenvalue weighted by Gasteiger charge is 2.19. The van der Waals surface area contributed by atoms with Crippen molar-refractivity contribution in [2.75, 3.05) is 20.5 Å². The van der Waals surface area contributed by atoms with Crippen molar-refractivity contribution in [3.63, 3.8) is 0 Å². The highest BCUT2D eigenvalue weighted by atomic mass is 32.2. The van der Waals surface area contributed by atoms with E-state index in [4.69, 9.17) is 9.47 Å². The third-order valence-corrected chi connectivity index (χ3v) is 4.53. The molecule has 0 radical (unpaired) electrons. The topological polar surface area (TPSA) is 59.9 Å². The summed E-state index contributed by atoms with van der Waals surface area (Å²) in [5.74, 6) is 1.52. The maximum atomic E-state index is 11.3. The lowest BCUT2D eigenvalue weighted by atomic mass is 9.96. The minimum Gasteiger partial charge on any atom is -0.493 e. The van der Waals surface area contributed by atoms with E-state index in [0.717, 1.165) is 27.5 Å². The van der Waals surface area contributed by atoms with Crippen LogP contribution < -0.4 is 14.9 Å². The molecule has 1 unspecified atom stereocenters. The Kier molecular flexibility index (Phi) is 5.71. The smallest absolute Gasteiger partial charge is 0.240 e. The number of carbonyl (C=O) groups is 1. The van der Waals surface area contributed by atoms with Crippen molar-refractivity contribution in [2.45, 2.75) is 25.2 Å². The lowest BCUT2D eigenvalue weighted by molar-refractivity contribution is -0.121. The van der Waals surface area contributed by atoms with Gasteiger partial charge in [-0.3, -0.25) is 4.79 Å². The second-order valence-corrected chi connectivity index (χ2v) is 6.27. The Morgan fingerprint density at radius 3 is 2.70 bits per heavy atom. The van der Waals surface area contributed by atoms with E-state index in [9.17, 15) is 4.79 Å². The van der Waals surface area contributed by atoms with Gasteiger partial charge in [-0.25, -0.2) is 5.43 Å². The predicted octanol–water partition coefficient (Wildman–Crippen LogP) is 3.34. The summed E-state index contributed by atoms with van der Waals surface area (Å²) in [6, 6.07) is 4.03. The molecule has 23 heavy (non-hydrogen) atoms. The van der Waals surface area contributed by atoms with Crippen molar-refractivity contribution in [1.82, 2.24) is 5.43 Å². The van der Waals surface area contributed by atoms with Gasteiger partial charge in [-0.05, 0) is 42.5 Å². The maximum Gasteiger partial charge on any atom is 0.240 e. The first-order valence-corrected chi connectivity index (χ1v) is 8.57. The molecule has 1 heterocycles. The van der Waals surface area contributed by atoms with Crippen LogP contribution in [-0.4, -0.2) is 32.1 Å². The van der Waals surface area contributed by atoms with Gasteiger partial charge in [0.2, 0.25) is 5.91 Å². The Morgan fingerprint density at radius 1 is 1.39 bits per heavy atom. The molecule has 0 aliphatic carbocycles. The van der Waals surface area contributed by atoms with Crippen LogP contribution in [0.1, 0.15) is 25.8 Å². The molecule has 0 aromatic heterocycles. The van der Waals surface area contributed by atoms with E-state index in [0.29, 0.717) is 12.2 Å². The molecular weight excluding hydrogens is 312 g/mol. The number of ether oxygens (including phenoxy) is 2. The Balaban J connectivity index is 2.41. The number of hydrogen-bond acceptors (Lipinski definition) is 5. The van der Waals surface area contributed by atoms with Gasteiger partial charge >= 0.3 is 0 Å². The maximum absolute atomic E-state index is 11.3. The second-order valence-electron chi connectivity index (χ2n) is 5.42. The van der Waals surface area contributed by atoms with Crippen molar-refractivity contribution in [2.24, 2.45) is 11.0 Å². The fourth-order valence-electron chi connectivity index (χ4n) is 2.45. The van der Waals surface area contributed by atoms with Gasteiger partial charge in [-0.2, -0.15) is 5.10 Å². The van der Waals surface area contributed by atoms with Crippen molar-refractivity contribution in [3.05, 3.63) is 23.8 Å². The molecule has 1 N–H and O–H groups in total. The molecule has 5 nitrogen and oxygen atoms in total. The lowest BCUT2D eigenvalue weighted by Gasteiger charge is -2.18. The average molecular weight is 334 g/mol. The molecular formula is C17H22N2O3S. The molecule has 1 aromatic rings. The number of nitrogens with zero attached hydrogens (tertiary/aromatic N) is 1. The molecule has 6 heteroatoms. The third kappa shape index (κ3) is 3.88. The van der Waals surface area contributed by atoms with Gasteiger partial charge in [-0.15, -0.1) is 11.8 Å². The van der Waals surface area contributed by atoms with Crippen molar-refractivity contribution in [3.8, 4) is 11.5 Å². The van der Waals surface area contributed by atoms with Crippen molar-refractivity contribution in [1.29, 1.82) is 0 Å². The number of rotatable bonds is 5. The summed E-state index contributed by atoms with van der Waals surface area (Å²) in [6.45, 7) is 4.03. The van der Waals surface area contributed by atoms with Crippen LogP contribution in [0.15, 0.2) is 28.2 Å². The quantitative estimate of drug-likeness (QED) is 0.839. The Hall–Kier alpha value is -1.95. The van der Waals surface area contributed by atoms with E-state index < -0.39 is 0 Å². The van der Waals surface area contributed by atoms with E-state index in [2.05, 4.69) is 16.6 Å². The number of allylic oxidation sites excluding steroid dienone is 2. The number of carbonyl (C=O) groups excluding carboxylic acids is 1. The van der Waals surface area contributed by atoms with Gasteiger partial charge in [0.1, 0.15) is 0 Å². The standard InChI is InChI=1S/C17H22N2O3S/c1-10(6-13-11(2)7-16(20)19-18-13)12-8-14(21-3)17(22-4)15(9-12)23-5/h6,8-9,11H,7H2,1-5H3,(H,19,20). The van der Waals surface area contributed by atoms with Gasteiger partial charge in [0.15, 0.2) is 11.5 Å². The summed E-state index contributed by atoms with van der Waals surface area (Å²) in [5, 5.41) is 4.16. The van der Waals surface area contributed by atoms with Crippen LogP contribution in [0.4, 0.5) is 0 Å². The molecule has 1 aliphatic rings. The Bertz CT molecular complexity index is 643. The van der Waals surface area contributed by atoms with Crippen LogP contribution in [0.5, 0.6) is 11.5 Å². The fraction of sp³-hybridized carbons (Fsp3) is 0.412. The number of hydrazone groups is 1. The van der Waals surface area contributed by atoms with Gasteiger partial charge in [-0.1, -0.05) is 6.92 Å². The summed E-state index contributed by atoms with van der Waals surface area (Å²) in [7, 11) is 3.27. The molecule has 124 valence electrons. The number of benzene rings is 1. The molecule has 2 rings (SSSR count). The van der Waals surface area contributed by atoms with Crippen LogP contribution in [0, 0.1) is 5.92 Å². The largest absolute Gasteiger partial charge is 0.493 e. The molecule has 0 saturated heterocycles. The minimum absolute atomic E-state index is 0.0388. The van der Waals surface area contributed by atoms with Gasteiger partial charge < -0.3 is 9.47 Å². The predicted molar refractivity (Wildman–Crippen MR) is 94.3 cm³/mol. The van der Waals surface area contributed by atoms with Crippen molar-refractivity contribution >= 4 is 29.0 Å². The first kappa shape index (κ1) is 17.4. The van der Waals surface area contributed by atoms with Gasteiger partial charge in [0.05, 0.1) is 24.8 Å². The minimum atomic E-state index is -0.0388. The van der Waals surface area contributed by atoms with E-state index in [1.165, 1.54) is 0 Å². The summed E-state index contributed by atoms with van der Waals surface area (Å²) in [5.41, 5.74) is 5.51. The van der Waals surface area contributed by atoms with E-state index in [1.807, 2.05) is 32.2 Å². The van der Waals surface area contributed by atoms with Gasteiger partial charge in [0, 0.05) is 12.3 Å². The number of thioether (sulfide) groups is 1. The van der Waals surface area contributed by atoms with Crippen LogP contribution in [-0.2, 0) is 4.79 Å². The SMILES string of the molecule is COc1cc(C(C)=CC2=NNC(=O)CC2C)cc(SC)c1OC. The number of methoxy groups -OCH3 is 2.